The highest BCUT2D eigenvalue weighted by atomic mass is 35.5. The summed E-state index contributed by atoms with van der Waals surface area (Å²) in [6, 6.07) is 15.7. The molecule has 0 radical (unpaired) electrons. The number of rotatable bonds is 1. The van der Waals surface area contributed by atoms with Gasteiger partial charge in [-0.2, -0.15) is 5.10 Å². The molecule has 3 rings (SSSR count). The first kappa shape index (κ1) is 9.43. The van der Waals surface area contributed by atoms with Gasteiger partial charge in [0.2, 0.25) is 0 Å². The van der Waals surface area contributed by atoms with Crippen molar-refractivity contribution in [2.24, 2.45) is 0 Å². The fourth-order valence-corrected chi connectivity index (χ4v) is 1.90. The van der Waals surface area contributed by atoms with Crippen molar-refractivity contribution in [1.82, 2.24) is 9.78 Å². The van der Waals surface area contributed by atoms with Gasteiger partial charge >= 0.3 is 0 Å². The summed E-state index contributed by atoms with van der Waals surface area (Å²) in [4.78, 5) is 0. The van der Waals surface area contributed by atoms with Gasteiger partial charge in [0.1, 0.15) is 0 Å². The molecule has 0 aliphatic carbocycles. The molecule has 3 aromatic rings. The highest BCUT2D eigenvalue weighted by Gasteiger charge is 2.01. The summed E-state index contributed by atoms with van der Waals surface area (Å²) < 4.78 is 1.84. The first-order chi connectivity index (χ1) is 7.83. The van der Waals surface area contributed by atoms with E-state index in [1.807, 2.05) is 59.4 Å². The minimum Gasteiger partial charge on any atom is -0.240 e. The molecule has 0 atom stereocenters. The lowest BCUT2D eigenvalue weighted by Crippen LogP contribution is -1.93. The molecule has 3 heteroatoms. The molecule has 0 spiro atoms. The van der Waals surface area contributed by atoms with Gasteiger partial charge in [-0.25, -0.2) is 4.68 Å². The normalized spacial score (nSPS) is 10.8. The van der Waals surface area contributed by atoms with Crippen molar-refractivity contribution in [3.05, 3.63) is 59.8 Å². The molecule has 2 aromatic carbocycles. The van der Waals surface area contributed by atoms with Gasteiger partial charge in [0.15, 0.2) is 0 Å². The van der Waals surface area contributed by atoms with Crippen LogP contribution in [0.2, 0.25) is 5.02 Å². The molecule has 0 fully saturated rings. The van der Waals surface area contributed by atoms with E-state index in [0.29, 0.717) is 0 Å². The zero-order valence-corrected chi connectivity index (χ0v) is 9.22. The minimum atomic E-state index is 0.719. The predicted octanol–water partition coefficient (Wildman–Crippen LogP) is 3.68. The van der Waals surface area contributed by atoms with Gasteiger partial charge in [0.05, 0.1) is 11.2 Å². The first-order valence-electron chi connectivity index (χ1n) is 5.03. The Balaban J connectivity index is 2.19. The van der Waals surface area contributed by atoms with E-state index in [-0.39, 0.29) is 0 Å². The summed E-state index contributed by atoms with van der Waals surface area (Å²) in [5.41, 5.74) is 1.96. The van der Waals surface area contributed by atoms with Crippen molar-refractivity contribution >= 4 is 22.5 Å². The van der Waals surface area contributed by atoms with Crippen LogP contribution in [0.15, 0.2) is 54.7 Å². The molecule has 0 aliphatic rings. The largest absolute Gasteiger partial charge is 0.240 e. The van der Waals surface area contributed by atoms with Crippen molar-refractivity contribution in [3.63, 3.8) is 0 Å². The molecule has 0 amide bonds. The Morgan fingerprint density at radius 1 is 1.00 bits per heavy atom. The summed E-state index contributed by atoms with van der Waals surface area (Å²) in [5, 5.41) is 6.33. The van der Waals surface area contributed by atoms with E-state index >= 15 is 0 Å². The summed E-state index contributed by atoms with van der Waals surface area (Å²) in [6.07, 6.45) is 2.00. The van der Waals surface area contributed by atoms with Gasteiger partial charge in [-0.1, -0.05) is 35.9 Å². The number of fused-ring (bicyclic) bond motifs is 1. The fourth-order valence-electron chi connectivity index (χ4n) is 1.72. The van der Waals surface area contributed by atoms with Crippen LogP contribution in [0.1, 0.15) is 0 Å². The average molecular weight is 229 g/mol. The quantitative estimate of drug-likeness (QED) is 0.621. The number of halogens is 1. The van der Waals surface area contributed by atoms with Crippen LogP contribution >= 0.6 is 11.6 Å². The summed E-state index contributed by atoms with van der Waals surface area (Å²) in [5.74, 6) is 0. The molecule has 0 unspecified atom stereocenters. The van der Waals surface area contributed by atoms with Crippen LogP contribution in [0.25, 0.3) is 16.6 Å². The molecular weight excluding hydrogens is 220 g/mol. The number of benzene rings is 2. The van der Waals surface area contributed by atoms with E-state index in [4.69, 9.17) is 11.6 Å². The Labute approximate surface area is 98.1 Å². The fraction of sp³-hybridized carbons (Fsp3) is 0. The minimum absolute atomic E-state index is 0.719. The van der Waals surface area contributed by atoms with E-state index in [2.05, 4.69) is 5.10 Å². The Hall–Kier alpha value is -1.80. The lowest BCUT2D eigenvalue weighted by atomic mass is 10.3. The van der Waals surface area contributed by atoms with Gasteiger partial charge in [-0.15, -0.1) is 0 Å². The van der Waals surface area contributed by atoms with E-state index in [1.165, 1.54) is 0 Å². The van der Waals surface area contributed by atoms with Gasteiger partial charge < -0.3 is 0 Å². The molecule has 0 aliphatic heterocycles. The standard InChI is InChI=1S/C13H9ClN2/c14-11-5-3-6-12(8-11)16-9-10-4-1-2-7-13(10)15-16/h1-9H. The third kappa shape index (κ3) is 1.57. The summed E-state index contributed by atoms with van der Waals surface area (Å²) in [6.45, 7) is 0. The van der Waals surface area contributed by atoms with E-state index in [0.717, 1.165) is 21.6 Å². The lowest BCUT2D eigenvalue weighted by molar-refractivity contribution is 0.896. The van der Waals surface area contributed by atoms with Crippen LogP contribution < -0.4 is 0 Å². The molecule has 16 heavy (non-hydrogen) atoms. The molecule has 78 valence electrons. The number of hydrogen-bond acceptors (Lipinski definition) is 1. The van der Waals surface area contributed by atoms with Crippen molar-refractivity contribution in [1.29, 1.82) is 0 Å². The number of hydrogen-bond donors (Lipinski definition) is 0. The second kappa shape index (κ2) is 3.65. The maximum Gasteiger partial charge on any atom is 0.0927 e. The second-order valence-corrected chi connectivity index (χ2v) is 4.05. The highest BCUT2D eigenvalue weighted by Crippen LogP contribution is 2.17. The lowest BCUT2D eigenvalue weighted by Gasteiger charge is -2.00. The van der Waals surface area contributed by atoms with Crippen LogP contribution in [0.4, 0.5) is 0 Å². The third-order valence-electron chi connectivity index (χ3n) is 2.49. The number of nitrogens with zero attached hydrogens (tertiary/aromatic N) is 2. The second-order valence-electron chi connectivity index (χ2n) is 3.61. The molecule has 1 heterocycles. The molecule has 0 saturated heterocycles. The Bertz CT molecular complexity index is 610. The maximum atomic E-state index is 5.95. The topological polar surface area (TPSA) is 17.8 Å². The van der Waals surface area contributed by atoms with Crippen molar-refractivity contribution in [2.45, 2.75) is 0 Å². The van der Waals surface area contributed by atoms with E-state index < -0.39 is 0 Å². The van der Waals surface area contributed by atoms with Gasteiger partial charge in [0.25, 0.3) is 0 Å². The molecule has 1 aromatic heterocycles. The molecular formula is C13H9ClN2. The van der Waals surface area contributed by atoms with E-state index in [1.54, 1.807) is 0 Å². The Morgan fingerprint density at radius 3 is 2.69 bits per heavy atom. The molecule has 0 bridgehead atoms. The smallest absolute Gasteiger partial charge is 0.0927 e. The van der Waals surface area contributed by atoms with Gasteiger partial charge in [-0.05, 0) is 24.3 Å². The van der Waals surface area contributed by atoms with Crippen molar-refractivity contribution in [2.75, 3.05) is 0 Å². The zero-order valence-electron chi connectivity index (χ0n) is 8.47. The first-order valence-corrected chi connectivity index (χ1v) is 5.41. The molecule has 0 N–H and O–H groups in total. The van der Waals surface area contributed by atoms with Gasteiger partial charge in [-0.3, -0.25) is 0 Å². The Morgan fingerprint density at radius 2 is 1.88 bits per heavy atom. The van der Waals surface area contributed by atoms with Crippen LogP contribution in [-0.4, -0.2) is 9.78 Å². The monoisotopic (exact) mass is 228 g/mol. The summed E-state index contributed by atoms with van der Waals surface area (Å²) >= 11 is 5.95. The van der Waals surface area contributed by atoms with Crippen LogP contribution in [0.3, 0.4) is 0 Å². The maximum absolute atomic E-state index is 5.95. The highest BCUT2D eigenvalue weighted by molar-refractivity contribution is 6.30. The van der Waals surface area contributed by atoms with Crippen LogP contribution in [0.5, 0.6) is 0 Å². The van der Waals surface area contributed by atoms with Crippen LogP contribution in [0, 0.1) is 0 Å². The number of aromatic nitrogens is 2. The van der Waals surface area contributed by atoms with Crippen molar-refractivity contribution < 1.29 is 0 Å². The van der Waals surface area contributed by atoms with E-state index in [9.17, 15) is 0 Å². The van der Waals surface area contributed by atoms with Gasteiger partial charge in [0, 0.05) is 16.6 Å². The Kier molecular flexibility index (Phi) is 2.15. The SMILES string of the molecule is Clc1cccc(-n2cc3ccccc3n2)c1. The molecule has 2 nitrogen and oxygen atoms in total. The zero-order chi connectivity index (χ0) is 11.0. The van der Waals surface area contributed by atoms with Crippen molar-refractivity contribution in [3.8, 4) is 5.69 Å². The average Bonchev–Trinajstić information content (AvgIpc) is 2.72. The van der Waals surface area contributed by atoms with Crippen LogP contribution in [-0.2, 0) is 0 Å². The third-order valence-corrected chi connectivity index (χ3v) is 2.72. The predicted molar refractivity (Wildman–Crippen MR) is 66.1 cm³/mol. The molecule has 0 saturated carbocycles. The summed E-state index contributed by atoms with van der Waals surface area (Å²) in [7, 11) is 0.